The lowest BCUT2D eigenvalue weighted by atomic mass is 10.1. The number of methoxy groups -OCH3 is 1. The van der Waals surface area contributed by atoms with Crippen molar-refractivity contribution in [3.05, 3.63) is 35.3 Å². The molecule has 0 aliphatic carbocycles. The molecule has 1 N–H and O–H groups in total. The first kappa shape index (κ1) is 19.8. The Kier molecular flexibility index (Phi) is 6.81. The number of nitrogens with one attached hydrogen (secondary N) is 1. The Morgan fingerprint density at radius 2 is 2.19 bits per heavy atom. The van der Waals surface area contributed by atoms with E-state index in [9.17, 15) is 9.59 Å². The highest BCUT2D eigenvalue weighted by atomic mass is 32.2. The van der Waals surface area contributed by atoms with Gasteiger partial charge in [-0.15, -0.1) is 22.0 Å². The molecule has 1 aromatic heterocycles. The summed E-state index contributed by atoms with van der Waals surface area (Å²) in [5.74, 6) is 0.121. The molecule has 27 heavy (non-hydrogen) atoms. The van der Waals surface area contributed by atoms with Crippen molar-refractivity contribution < 1.29 is 14.3 Å². The van der Waals surface area contributed by atoms with Gasteiger partial charge in [0, 0.05) is 25.0 Å². The van der Waals surface area contributed by atoms with Gasteiger partial charge in [0.05, 0.1) is 24.3 Å². The summed E-state index contributed by atoms with van der Waals surface area (Å²) in [6.45, 7) is 2.78. The van der Waals surface area contributed by atoms with Crippen LogP contribution in [0.25, 0.3) is 0 Å². The first-order valence-electron chi connectivity index (χ1n) is 8.66. The maximum atomic E-state index is 12.5. The van der Waals surface area contributed by atoms with Crippen molar-refractivity contribution in [2.75, 3.05) is 25.6 Å². The number of thioether (sulfide) groups is 1. The molecule has 0 bridgehead atoms. The molecule has 0 saturated carbocycles. The first-order valence-corrected chi connectivity index (χ1v) is 10.5. The number of carbonyl (C=O) groups excluding carboxylic acids is 2. The maximum absolute atomic E-state index is 12.5. The van der Waals surface area contributed by atoms with E-state index >= 15 is 0 Å². The molecule has 0 radical (unpaired) electrons. The van der Waals surface area contributed by atoms with Crippen molar-refractivity contribution >= 4 is 40.0 Å². The Bertz CT molecular complexity index is 784. The SMILES string of the molecule is COC[C@@H](C)N1C[C@@H](C(=O)Nc2nnc(CSc3ccccc3)s2)CC1=O. The molecular weight excluding hydrogens is 384 g/mol. The number of carbonyl (C=O) groups is 2. The summed E-state index contributed by atoms with van der Waals surface area (Å²) < 4.78 is 5.10. The monoisotopic (exact) mass is 406 g/mol. The predicted molar refractivity (Wildman–Crippen MR) is 106 cm³/mol. The van der Waals surface area contributed by atoms with Gasteiger partial charge in [-0.05, 0) is 19.1 Å². The van der Waals surface area contributed by atoms with Crippen LogP contribution in [0.2, 0.25) is 0 Å². The van der Waals surface area contributed by atoms with Crippen LogP contribution in [0, 0.1) is 5.92 Å². The molecule has 1 aliphatic rings. The highest BCUT2D eigenvalue weighted by molar-refractivity contribution is 7.98. The van der Waals surface area contributed by atoms with Crippen LogP contribution in [0.5, 0.6) is 0 Å². The minimum atomic E-state index is -0.372. The lowest BCUT2D eigenvalue weighted by Crippen LogP contribution is -2.38. The van der Waals surface area contributed by atoms with Gasteiger partial charge < -0.3 is 15.0 Å². The number of benzene rings is 1. The van der Waals surface area contributed by atoms with E-state index in [0.717, 1.165) is 9.90 Å². The smallest absolute Gasteiger partial charge is 0.231 e. The number of anilines is 1. The highest BCUT2D eigenvalue weighted by Gasteiger charge is 2.36. The molecule has 1 fully saturated rings. The van der Waals surface area contributed by atoms with Crippen LogP contribution in [0.15, 0.2) is 35.2 Å². The van der Waals surface area contributed by atoms with Gasteiger partial charge in [-0.2, -0.15) is 0 Å². The van der Waals surface area contributed by atoms with Crippen molar-refractivity contribution in [3.8, 4) is 0 Å². The Morgan fingerprint density at radius 3 is 2.93 bits per heavy atom. The molecule has 2 aromatic rings. The van der Waals surface area contributed by atoms with Crippen LogP contribution >= 0.6 is 23.1 Å². The summed E-state index contributed by atoms with van der Waals surface area (Å²) in [4.78, 5) is 27.5. The number of likely N-dealkylation sites (tertiary alicyclic amines) is 1. The zero-order valence-corrected chi connectivity index (χ0v) is 16.9. The van der Waals surface area contributed by atoms with Crippen LogP contribution in [0.3, 0.4) is 0 Å². The topological polar surface area (TPSA) is 84.4 Å². The Hall–Kier alpha value is -1.97. The molecule has 144 valence electrons. The molecule has 2 heterocycles. The van der Waals surface area contributed by atoms with Gasteiger partial charge in [0.1, 0.15) is 5.01 Å². The number of hydrogen-bond acceptors (Lipinski definition) is 7. The van der Waals surface area contributed by atoms with Crippen LogP contribution in [-0.4, -0.2) is 53.2 Å². The number of amides is 2. The van der Waals surface area contributed by atoms with Gasteiger partial charge in [0.2, 0.25) is 16.9 Å². The second-order valence-electron chi connectivity index (χ2n) is 6.34. The highest BCUT2D eigenvalue weighted by Crippen LogP contribution is 2.27. The van der Waals surface area contributed by atoms with Crippen LogP contribution in [-0.2, 0) is 20.1 Å². The fraction of sp³-hybridized carbons (Fsp3) is 0.444. The van der Waals surface area contributed by atoms with Crippen molar-refractivity contribution in [1.82, 2.24) is 15.1 Å². The average Bonchev–Trinajstić information content (AvgIpc) is 3.27. The van der Waals surface area contributed by atoms with E-state index in [4.69, 9.17) is 4.74 Å². The number of nitrogens with zero attached hydrogens (tertiary/aromatic N) is 3. The van der Waals surface area contributed by atoms with Crippen molar-refractivity contribution in [2.45, 2.75) is 30.0 Å². The zero-order valence-electron chi connectivity index (χ0n) is 15.3. The van der Waals surface area contributed by atoms with Crippen molar-refractivity contribution in [3.63, 3.8) is 0 Å². The van der Waals surface area contributed by atoms with Crippen LogP contribution in [0.1, 0.15) is 18.4 Å². The number of rotatable bonds is 8. The molecule has 7 nitrogen and oxygen atoms in total. The fourth-order valence-corrected chi connectivity index (χ4v) is 4.54. The van der Waals surface area contributed by atoms with E-state index in [1.165, 1.54) is 11.3 Å². The van der Waals surface area contributed by atoms with Crippen molar-refractivity contribution in [1.29, 1.82) is 0 Å². The Morgan fingerprint density at radius 1 is 1.41 bits per heavy atom. The van der Waals surface area contributed by atoms with E-state index in [1.807, 2.05) is 37.3 Å². The quantitative estimate of drug-likeness (QED) is 0.679. The number of ether oxygens (including phenoxy) is 1. The standard InChI is InChI=1S/C18H22N4O3S2/c1-12(10-25-2)22-9-13(8-16(22)23)17(24)19-18-21-20-15(27-18)11-26-14-6-4-3-5-7-14/h3-7,12-13H,8-11H2,1-2H3,(H,19,21,24)/t12-,13+/m1/s1. The summed E-state index contributed by atoms with van der Waals surface area (Å²) >= 11 is 3.03. The van der Waals surface area contributed by atoms with Gasteiger partial charge >= 0.3 is 0 Å². The largest absolute Gasteiger partial charge is 0.383 e. The van der Waals surface area contributed by atoms with Gasteiger partial charge in [0.25, 0.3) is 0 Å². The molecule has 1 aromatic carbocycles. The molecule has 0 unspecified atom stereocenters. The fourth-order valence-electron chi connectivity index (χ4n) is 2.90. The average molecular weight is 407 g/mol. The van der Waals surface area contributed by atoms with E-state index < -0.39 is 0 Å². The second kappa shape index (κ2) is 9.29. The lowest BCUT2D eigenvalue weighted by Gasteiger charge is -2.23. The molecule has 1 saturated heterocycles. The second-order valence-corrected chi connectivity index (χ2v) is 8.45. The molecule has 9 heteroatoms. The summed E-state index contributed by atoms with van der Waals surface area (Å²) in [6, 6.07) is 10.0. The van der Waals surface area contributed by atoms with Gasteiger partial charge in [0.15, 0.2) is 0 Å². The van der Waals surface area contributed by atoms with E-state index in [0.29, 0.717) is 24.0 Å². The third-order valence-corrected chi connectivity index (χ3v) is 6.32. The zero-order chi connectivity index (χ0) is 19.2. The normalized spacial score (nSPS) is 17.9. The van der Waals surface area contributed by atoms with Crippen LogP contribution in [0.4, 0.5) is 5.13 Å². The van der Waals surface area contributed by atoms with Gasteiger partial charge in [-0.1, -0.05) is 29.5 Å². The Balaban J connectivity index is 1.51. The summed E-state index contributed by atoms with van der Waals surface area (Å²) in [7, 11) is 1.60. The Labute approximate surface area is 166 Å². The third-order valence-electron chi connectivity index (χ3n) is 4.27. The molecule has 2 atom stereocenters. The summed E-state index contributed by atoms with van der Waals surface area (Å²) in [6.07, 6.45) is 0.218. The minimum Gasteiger partial charge on any atom is -0.383 e. The van der Waals surface area contributed by atoms with E-state index in [-0.39, 0.29) is 30.2 Å². The lowest BCUT2D eigenvalue weighted by molar-refractivity contribution is -0.130. The van der Waals surface area contributed by atoms with Gasteiger partial charge in [-0.3, -0.25) is 9.59 Å². The molecule has 2 amide bonds. The van der Waals surface area contributed by atoms with Gasteiger partial charge in [-0.25, -0.2) is 0 Å². The number of aromatic nitrogens is 2. The maximum Gasteiger partial charge on any atom is 0.231 e. The number of hydrogen-bond donors (Lipinski definition) is 1. The van der Waals surface area contributed by atoms with E-state index in [1.54, 1.807) is 23.8 Å². The van der Waals surface area contributed by atoms with Crippen LogP contribution < -0.4 is 5.32 Å². The molecular formula is C18H22N4O3S2. The first-order chi connectivity index (χ1) is 13.1. The summed E-state index contributed by atoms with van der Waals surface area (Å²) in [5.41, 5.74) is 0. The molecule has 3 rings (SSSR count). The molecule has 1 aliphatic heterocycles. The van der Waals surface area contributed by atoms with Crippen molar-refractivity contribution in [2.24, 2.45) is 5.92 Å². The molecule has 0 spiro atoms. The minimum absolute atomic E-state index is 0.0167. The van der Waals surface area contributed by atoms with E-state index in [2.05, 4.69) is 15.5 Å². The summed E-state index contributed by atoms with van der Waals surface area (Å²) in [5, 5.41) is 12.3. The third kappa shape index (κ3) is 5.27. The predicted octanol–water partition coefficient (Wildman–Crippen LogP) is 2.65.